The van der Waals surface area contributed by atoms with Gasteiger partial charge in [0.15, 0.2) is 5.58 Å². The van der Waals surface area contributed by atoms with Gasteiger partial charge in [0.2, 0.25) is 11.8 Å². The van der Waals surface area contributed by atoms with E-state index >= 15 is 0 Å². The van der Waals surface area contributed by atoms with Crippen molar-refractivity contribution in [2.45, 2.75) is 25.3 Å². The predicted octanol–water partition coefficient (Wildman–Crippen LogP) is 3.81. The number of amides is 1. The van der Waals surface area contributed by atoms with Gasteiger partial charge < -0.3 is 9.73 Å². The molecule has 1 aliphatic rings. The van der Waals surface area contributed by atoms with E-state index in [9.17, 15) is 4.79 Å². The van der Waals surface area contributed by atoms with Gasteiger partial charge in [-0.05, 0) is 37.0 Å². The summed E-state index contributed by atoms with van der Waals surface area (Å²) < 4.78 is 5.72. The molecule has 0 aliphatic heterocycles. The van der Waals surface area contributed by atoms with Crippen molar-refractivity contribution in [3.63, 3.8) is 0 Å². The van der Waals surface area contributed by atoms with Gasteiger partial charge >= 0.3 is 0 Å². The molecule has 0 radical (unpaired) electrons. The Morgan fingerprint density at radius 2 is 1.91 bits per heavy atom. The zero-order chi connectivity index (χ0) is 15.8. The molecule has 1 N–H and O–H groups in total. The average molecular weight is 306 g/mol. The number of hydrogen-bond donors (Lipinski definition) is 1. The summed E-state index contributed by atoms with van der Waals surface area (Å²) in [6.45, 7) is 1.91. The number of nitrogens with zero attached hydrogens (tertiary/aromatic N) is 1. The van der Waals surface area contributed by atoms with Crippen LogP contribution in [0.3, 0.4) is 0 Å². The number of rotatable bonds is 4. The van der Waals surface area contributed by atoms with E-state index < -0.39 is 0 Å². The molecule has 0 saturated heterocycles. The molecular weight excluding hydrogens is 288 g/mol. The van der Waals surface area contributed by atoms with Crippen molar-refractivity contribution in [3.8, 4) is 0 Å². The second-order valence-electron chi connectivity index (χ2n) is 6.11. The molecule has 4 rings (SSSR count). The lowest BCUT2D eigenvalue weighted by Gasteiger charge is -2.10. The maximum Gasteiger partial charge on any atom is 0.224 e. The van der Waals surface area contributed by atoms with Gasteiger partial charge in [-0.3, -0.25) is 4.79 Å². The van der Waals surface area contributed by atoms with Gasteiger partial charge in [0, 0.05) is 5.92 Å². The Bertz CT molecular complexity index is 808. The van der Waals surface area contributed by atoms with Crippen molar-refractivity contribution in [2.75, 3.05) is 0 Å². The molecule has 0 spiro atoms. The Hall–Kier alpha value is -2.62. The molecular formula is C19H18N2O2. The Kier molecular flexibility index (Phi) is 3.37. The first-order valence-corrected chi connectivity index (χ1v) is 7.93. The van der Waals surface area contributed by atoms with Gasteiger partial charge in [0.05, 0.1) is 0 Å². The molecule has 1 amide bonds. The quantitative estimate of drug-likeness (QED) is 0.797. The zero-order valence-corrected chi connectivity index (χ0v) is 12.9. The normalized spacial score (nSPS) is 21.1. The number of nitrogens with one attached hydrogen (secondary N) is 1. The summed E-state index contributed by atoms with van der Waals surface area (Å²) in [5.74, 6) is 1.03. The van der Waals surface area contributed by atoms with Crippen molar-refractivity contribution in [2.24, 2.45) is 5.92 Å². The first-order chi connectivity index (χ1) is 11.2. The molecule has 1 saturated carbocycles. The van der Waals surface area contributed by atoms with E-state index in [0.29, 0.717) is 11.8 Å². The molecule has 23 heavy (non-hydrogen) atoms. The topological polar surface area (TPSA) is 55.1 Å². The molecule has 3 atom stereocenters. The summed E-state index contributed by atoms with van der Waals surface area (Å²) in [5, 5.41) is 3.02. The van der Waals surface area contributed by atoms with Crippen molar-refractivity contribution in [1.82, 2.24) is 10.3 Å². The Morgan fingerprint density at radius 3 is 2.70 bits per heavy atom. The van der Waals surface area contributed by atoms with Gasteiger partial charge in [-0.1, -0.05) is 42.5 Å². The second-order valence-corrected chi connectivity index (χ2v) is 6.11. The van der Waals surface area contributed by atoms with Crippen molar-refractivity contribution in [1.29, 1.82) is 0 Å². The van der Waals surface area contributed by atoms with Crippen LogP contribution in [0.4, 0.5) is 0 Å². The van der Waals surface area contributed by atoms with Crippen molar-refractivity contribution < 1.29 is 9.21 Å². The molecule has 2 aromatic carbocycles. The molecule has 1 heterocycles. The fraction of sp³-hybridized carbons (Fsp3) is 0.263. The monoisotopic (exact) mass is 306 g/mol. The first-order valence-electron chi connectivity index (χ1n) is 7.93. The lowest BCUT2D eigenvalue weighted by Crippen LogP contribution is -2.28. The third-order valence-corrected chi connectivity index (χ3v) is 4.39. The Morgan fingerprint density at radius 1 is 1.17 bits per heavy atom. The average Bonchev–Trinajstić information content (AvgIpc) is 3.27. The zero-order valence-electron chi connectivity index (χ0n) is 12.9. The van der Waals surface area contributed by atoms with Gasteiger partial charge in [-0.15, -0.1) is 0 Å². The SMILES string of the molecule is CC(NC(=O)C1CC1c1ccccc1)c1nc2ccccc2o1. The summed E-state index contributed by atoms with van der Waals surface area (Å²) >= 11 is 0. The number of carbonyl (C=O) groups is 1. The molecule has 1 fully saturated rings. The number of hydrogen-bond acceptors (Lipinski definition) is 3. The highest BCUT2D eigenvalue weighted by atomic mass is 16.3. The van der Waals surface area contributed by atoms with E-state index in [4.69, 9.17) is 4.42 Å². The Labute approximate surface area is 134 Å². The number of benzene rings is 2. The number of oxazole rings is 1. The number of fused-ring (bicyclic) bond motifs is 1. The molecule has 4 heteroatoms. The standard InChI is InChI=1S/C19H18N2O2/c1-12(19-21-16-9-5-6-10-17(16)23-19)20-18(22)15-11-14(15)13-7-3-2-4-8-13/h2-10,12,14-15H,11H2,1H3,(H,20,22). The highest BCUT2D eigenvalue weighted by Crippen LogP contribution is 2.47. The summed E-state index contributed by atoms with van der Waals surface area (Å²) in [7, 11) is 0. The smallest absolute Gasteiger partial charge is 0.224 e. The van der Waals surface area contributed by atoms with Crippen LogP contribution in [0.1, 0.15) is 36.8 Å². The molecule has 4 nitrogen and oxygen atoms in total. The van der Waals surface area contributed by atoms with E-state index in [1.165, 1.54) is 5.56 Å². The van der Waals surface area contributed by atoms with Gasteiger partial charge in [0.25, 0.3) is 0 Å². The third kappa shape index (κ3) is 2.72. The summed E-state index contributed by atoms with van der Waals surface area (Å²) in [6, 6.07) is 17.6. The number of carbonyl (C=O) groups excluding carboxylic acids is 1. The van der Waals surface area contributed by atoms with Crippen LogP contribution in [0, 0.1) is 5.92 Å². The first kappa shape index (κ1) is 14.0. The largest absolute Gasteiger partial charge is 0.438 e. The highest BCUT2D eigenvalue weighted by molar-refractivity contribution is 5.83. The van der Waals surface area contributed by atoms with Crippen LogP contribution in [-0.4, -0.2) is 10.9 Å². The van der Waals surface area contributed by atoms with Gasteiger partial charge in [-0.2, -0.15) is 0 Å². The van der Waals surface area contributed by atoms with Crippen molar-refractivity contribution >= 4 is 17.0 Å². The van der Waals surface area contributed by atoms with E-state index in [2.05, 4.69) is 22.4 Å². The van der Waals surface area contributed by atoms with Crippen LogP contribution in [-0.2, 0) is 4.79 Å². The maximum atomic E-state index is 12.4. The van der Waals surface area contributed by atoms with Gasteiger partial charge in [0.1, 0.15) is 11.6 Å². The fourth-order valence-corrected chi connectivity index (χ4v) is 3.01. The van der Waals surface area contributed by atoms with E-state index in [1.54, 1.807) is 0 Å². The van der Waals surface area contributed by atoms with Crippen LogP contribution in [0.25, 0.3) is 11.1 Å². The summed E-state index contributed by atoms with van der Waals surface area (Å²) in [5.41, 5.74) is 2.80. The summed E-state index contributed by atoms with van der Waals surface area (Å²) in [6.07, 6.45) is 0.913. The molecule has 116 valence electrons. The maximum absolute atomic E-state index is 12.4. The van der Waals surface area contributed by atoms with Crippen LogP contribution in [0.2, 0.25) is 0 Å². The van der Waals surface area contributed by atoms with E-state index in [-0.39, 0.29) is 17.9 Å². The lowest BCUT2D eigenvalue weighted by molar-refractivity contribution is -0.123. The molecule has 0 bridgehead atoms. The van der Waals surface area contributed by atoms with Crippen LogP contribution >= 0.6 is 0 Å². The van der Waals surface area contributed by atoms with Crippen LogP contribution in [0.5, 0.6) is 0 Å². The fourth-order valence-electron chi connectivity index (χ4n) is 3.01. The minimum Gasteiger partial charge on any atom is -0.438 e. The molecule has 3 unspecified atom stereocenters. The van der Waals surface area contributed by atoms with Crippen LogP contribution in [0.15, 0.2) is 59.0 Å². The lowest BCUT2D eigenvalue weighted by atomic mass is 10.1. The predicted molar refractivity (Wildman–Crippen MR) is 87.9 cm³/mol. The molecule has 1 aliphatic carbocycles. The summed E-state index contributed by atoms with van der Waals surface area (Å²) in [4.78, 5) is 16.8. The minimum absolute atomic E-state index is 0.0595. The van der Waals surface area contributed by atoms with E-state index in [0.717, 1.165) is 17.5 Å². The molecule has 1 aromatic heterocycles. The highest BCUT2D eigenvalue weighted by Gasteiger charge is 2.44. The number of aromatic nitrogens is 1. The second kappa shape index (κ2) is 5.54. The minimum atomic E-state index is -0.230. The van der Waals surface area contributed by atoms with Crippen molar-refractivity contribution in [3.05, 3.63) is 66.1 Å². The molecule has 3 aromatic rings. The van der Waals surface area contributed by atoms with Gasteiger partial charge in [-0.25, -0.2) is 4.98 Å². The Balaban J connectivity index is 1.43. The number of para-hydroxylation sites is 2. The van der Waals surface area contributed by atoms with E-state index in [1.807, 2.05) is 49.4 Å². The third-order valence-electron chi connectivity index (χ3n) is 4.39. The van der Waals surface area contributed by atoms with Crippen LogP contribution < -0.4 is 5.32 Å².